The summed E-state index contributed by atoms with van der Waals surface area (Å²) in [5.41, 5.74) is 2.41. The van der Waals surface area contributed by atoms with Crippen LogP contribution < -0.4 is 0 Å². The van der Waals surface area contributed by atoms with Crippen LogP contribution in [0, 0.1) is 0 Å². The molecule has 15 heavy (non-hydrogen) atoms. The highest BCUT2D eigenvalue weighted by molar-refractivity contribution is 6.31. The van der Waals surface area contributed by atoms with Crippen molar-refractivity contribution in [2.75, 3.05) is 0 Å². The van der Waals surface area contributed by atoms with Crippen LogP contribution in [0.3, 0.4) is 0 Å². The van der Waals surface area contributed by atoms with Gasteiger partial charge in [0.05, 0.1) is 17.3 Å². The molecule has 2 heterocycles. The molecule has 0 unspecified atom stereocenters. The first-order valence-corrected chi connectivity index (χ1v) is 4.84. The first-order valence-electron chi connectivity index (χ1n) is 4.47. The largest absolute Gasteiger partial charge is 0.390 e. The maximum Gasteiger partial charge on any atom is 0.0868 e. The maximum absolute atomic E-state index is 8.92. The van der Waals surface area contributed by atoms with Crippen molar-refractivity contribution in [3.63, 3.8) is 0 Å². The molecule has 2 aromatic rings. The minimum absolute atomic E-state index is 0.143. The number of aliphatic hydroxyl groups excluding tert-OH is 1. The molecular weight excluding hydrogens is 212 g/mol. The lowest BCUT2D eigenvalue weighted by Crippen LogP contribution is -1.91. The minimum Gasteiger partial charge on any atom is -0.390 e. The zero-order valence-corrected chi connectivity index (χ0v) is 8.65. The fourth-order valence-corrected chi connectivity index (χ4v) is 1.51. The quantitative estimate of drug-likeness (QED) is 0.845. The van der Waals surface area contributed by atoms with E-state index in [9.17, 15) is 0 Å². The lowest BCUT2D eigenvalue weighted by atomic mass is 10.1. The number of aliphatic hydroxyl groups is 1. The van der Waals surface area contributed by atoms with Gasteiger partial charge in [-0.05, 0) is 23.8 Å². The third-order valence-electron chi connectivity index (χ3n) is 2.08. The number of hydrogen-bond acceptors (Lipinski definition) is 3. The molecule has 0 fully saturated rings. The molecular formula is C11H9ClN2O. The first kappa shape index (κ1) is 10.1. The Kier molecular flexibility index (Phi) is 2.94. The van der Waals surface area contributed by atoms with Gasteiger partial charge in [0.1, 0.15) is 0 Å². The summed E-state index contributed by atoms with van der Waals surface area (Å²) < 4.78 is 0. The zero-order chi connectivity index (χ0) is 10.7. The Morgan fingerprint density at radius 2 is 1.93 bits per heavy atom. The van der Waals surface area contributed by atoms with Gasteiger partial charge >= 0.3 is 0 Å². The van der Waals surface area contributed by atoms with E-state index in [1.165, 1.54) is 0 Å². The summed E-state index contributed by atoms with van der Waals surface area (Å²) in [5, 5.41) is 9.40. The van der Waals surface area contributed by atoms with Gasteiger partial charge in [0, 0.05) is 24.2 Å². The second-order valence-electron chi connectivity index (χ2n) is 3.05. The summed E-state index contributed by atoms with van der Waals surface area (Å²) >= 11 is 5.94. The highest BCUT2D eigenvalue weighted by atomic mass is 35.5. The van der Waals surface area contributed by atoms with Crippen molar-refractivity contribution in [2.45, 2.75) is 6.61 Å². The molecule has 3 nitrogen and oxygen atoms in total. The molecule has 0 radical (unpaired) electrons. The number of aromatic nitrogens is 2. The first-order chi connectivity index (χ1) is 7.31. The smallest absolute Gasteiger partial charge is 0.0868 e. The van der Waals surface area contributed by atoms with Crippen molar-refractivity contribution in [2.24, 2.45) is 0 Å². The third-order valence-corrected chi connectivity index (χ3v) is 2.41. The van der Waals surface area contributed by atoms with E-state index in [4.69, 9.17) is 16.7 Å². The monoisotopic (exact) mass is 220 g/mol. The van der Waals surface area contributed by atoms with Crippen molar-refractivity contribution >= 4 is 11.6 Å². The fourth-order valence-electron chi connectivity index (χ4n) is 1.28. The zero-order valence-electron chi connectivity index (χ0n) is 7.89. The fraction of sp³-hybridized carbons (Fsp3) is 0.0909. The van der Waals surface area contributed by atoms with E-state index >= 15 is 0 Å². The molecule has 2 aromatic heterocycles. The molecule has 1 N–H and O–H groups in total. The molecule has 0 bridgehead atoms. The van der Waals surface area contributed by atoms with Crippen LogP contribution in [0.25, 0.3) is 11.1 Å². The van der Waals surface area contributed by atoms with E-state index in [1.54, 1.807) is 24.7 Å². The topological polar surface area (TPSA) is 46.0 Å². The van der Waals surface area contributed by atoms with E-state index in [2.05, 4.69) is 9.97 Å². The summed E-state index contributed by atoms with van der Waals surface area (Å²) in [6.45, 7) is -0.143. The molecule has 0 saturated heterocycles. The molecule has 0 spiro atoms. The molecule has 0 aliphatic rings. The van der Waals surface area contributed by atoms with Gasteiger partial charge < -0.3 is 5.11 Å². The molecule has 0 saturated carbocycles. The van der Waals surface area contributed by atoms with Gasteiger partial charge in [0.25, 0.3) is 0 Å². The summed E-state index contributed by atoms with van der Waals surface area (Å²) in [6.07, 6.45) is 5.11. The van der Waals surface area contributed by atoms with Gasteiger partial charge in [0.2, 0.25) is 0 Å². The summed E-state index contributed by atoms with van der Waals surface area (Å²) in [7, 11) is 0. The van der Waals surface area contributed by atoms with Gasteiger partial charge in [0.15, 0.2) is 0 Å². The molecule has 0 amide bonds. The van der Waals surface area contributed by atoms with Crippen LogP contribution in [-0.2, 0) is 6.61 Å². The molecule has 76 valence electrons. The van der Waals surface area contributed by atoms with Crippen LogP contribution in [0.2, 0.25) is 5.02 Å². The predicted molar refractivity (Wildman–Crippen MR) is 58.4 cm³/mol. The summed E-state index contributed by atoms with van der Waals surface area (Å²) in [4.78, 5) is 8.00. The van der Waals surface area contributed by atoms with Gasteiger partial charge in [-0.15, -0.1) is 0 Å². The Balaban J connectivity index is 2.43. The van der Waals surface area contributed by atoms with Crippen molar-refractivity contribution in [1.29, 1.82) is 0 Å². The molecule has 0 atom stereocenters. The van der Waals surface area contributed by atoms with Crippen LogP contribution in [0.5, 0.6) is 0 Å². The Bertz CT molecular complexity index is 459. The van der Waals surface area contributed by atoms with Gasteiger partial charge in [-0.3, -0.25) is 9.97 Å². The minimum atomic E-state index is -0.143. The average Bonchev–Trinajstić information content (AvgIpc) is 2.30. The second kappa shape index (κ2) is 4.38. The van der Waals surface area contributed by atoms with Crippen LogP contribution in [0.4, 0.5) is 0 Å². The Morgan fingerprint density at radius 1 is 1.20 bits per heavy atom. The lowest BCUT2D eigenvalue weighted by Gasteiger charge is -2.03. The average molecular weight is 221 g/mol. The molecule has 0 aliphatic heterocycles. The van der Waals surface area contributed by atoms with E-state index in [0.29, 0.717) is 10.7 Å². The van der Waals surface area contributed by atoms with E-state index in [1.807, 2.05) is 12.1 Å². The van der Waals surface area contributed by atoms with E-state index in [-0.39, 0.29) is 6.61 Å². The number of pyridine rings is 2. The Labute approximate surface area is 92.4 Å². The highest BCUT2D eigenvalue weighted by Gasteiger charge is 2.03. The van der Waals surface area contributed by atoms with Crippen molar-refractivity contribution in [1.82, 2.24) is 9.97 Å². The van der Waals surface area contributed by atoms with Crippen molar-refractivity contribution < 1.29 is 5.11 Å². The van der Waals surface area contributed by atoms with Gasteiger partial charge in [-0.25, -0.2) is 0 Å². The molecule has 2 rings (SSSR count). The van der Waals surface area contributed by atoms with Crippen LogP contribution in [0.1, 0.15) is 5.69 Å². The molecule has 4 heteroatoms. The van der Waals surface area contributed by atoms with E-state index in [0.717, 1.165) is 11.1 Å². The van der Waals surface area contributed by atoms with Gasteiger partial charge in [-0.1, -0.05) is 11.6 Å². The van der Waals surface area contributed by atoms with Crippen LogP contribution >= 0.6 is 11.6 Å². The molecule has 0 aliphatic carbocycles. The third kappa shape index (κ3) is 2.14. The Hall–Kier alpha value is -1.45. The lowest BCUT2D eigenvalue weighted by molar-refractivity contribution is 0.277. The van der Waals surface area contributed by atoms with Crippen molar-refractivity contribution in [3.05, 3.63) is 47.5 Å². The van der Waals surface area contributed by atoms with Crippen LogP contribution in [-0.4, -0.2) is 15.1 Å². The van der Waals surface area contributed by atoms with Gasteiger partial charge in [-0.2, -0.15) is 0 Å². The molecule has 0 aromatic carbocycles. The number of rotatable bonds is 2. The highest BCUT2D eigenvalue weighted by Crippen LogP contribution is 2.23. The Morgan fingerprint density at radius 3 is 2.53 bits per heavy atom. The predicted octanol–water partition coefficient (Wildman–Crippen LogP) is 2.29. The maximum atomic E-state index is 8.92. The normalized spacial score (nSPS) is 10.3. The van der Waals surface area contributed by atoms with E-state index < -0.39 is 0 Å². The van der Waals surface area contributed by atoms with Crippen LogP contribution in [0.15, 0.2) is 36.8 Å². The van der Waals surface area contributed by atoms with Crippen molar-refractivity contribution in [3.8, 4) is 11.1 Å². The summed E-state index contributed by atoms with van der Waals surface area (Å²) in [5.74, 6) is 0. The number of hydrogen-bond donors (Lipinski definition) is 1. The number of halogens is 1. The summed E-state index contributed by atoms with van der Waals surface area (Å²) in [6, 6.07) is 5.55. The standard InChI is InChI=1S/C11H9ClN2O/c12-10-5-9(6-14-11(10)7-15)8-1-3-13-4-2-8/h1-6,15H,7H2. The SMILES string of the molecule is OCc1ncc(-c2ccncc2)cc1Cl. The number of nitrogens with zero attached hydrogens (tertiary/aromatic N) is 2. The second-order valence-corrected chi connectivity index (χ2v) is 3.45.